The van der Waals surface area contributed by atoms with E-state index in [4.69, 9.17) is 4.74 Å². The fraction of sp³-hybridized carbons (Fsp3) is 0.647. The lowest BCUT2D eigenvalue weighted by Gasteiger charge is -2.24. The van der Waals surface area contributed by atoms with Gasteiger partial charge in [0.15, 0.2) is 0 Å². The number of amides is 1. The van der Waals surface area contributed by atoms with E-state index in [-0.39, 0.29) is 6.09 Å². The van der Waals surface area contributed by atoms with Gasteiger partial charge < -0.3 is 15.4 Å². The van der Waals surface area contributed by atoms with Gasteiger partial charge in [0.1, 0.15) is 5.60 Å². The molecular weight excluding hydrogens is 278 g/mol. The van der Waals surface area contributed by atoms with Gasteiger partial charge in [-0.3, -0.25) is 4.98 Å². The van der Waals surface area contributed by atoms with Crippen molar-refractivity contribution in [2.75, 3.05) is 18.4 Å². The molecule has 1 amide bonds. The molecule has 1 unspecified atom stereocenters. The van der Waals surface area contributed by atoms with Gasteiger partial charge in [-0.15, -0.1) is 0 Å². The van der Waals surface area contributed by atoms with Crippen molar-refractivity contribution >= 4 is 11.8 Å². The van der Waals surface area contributed by atoms with Gasteiger partial charge in [-0.2, -0.15) is 0 Å². The van der Waals surface area contributed by atoms with Crippen LogP contribution in [-0.4, -0.2) is 29.8 Å². The van der Waals surface area contributed by atoms with E-state index in [1.54, 1.807) is 0 Å². The molecular formula is C17H29N3O2. The zero-order valence-corrected chi connectivity index (χ0v) is 14.6. The maximum Gasteiger partial charge on any atom is 0.407 e. The minimum Gasteiger partial charge on any atom is -0.444 e. The molecule has 1 aromatic rings. The third-order valence-corrected chi connectivity index (χ3v) is 3.33. The van der Waals surface area contributed by atoms with Crippen LogP contribution in [0.4, 0.5) is 10.5 Å². The lowest BCUT2D eigenvalue weighted by molar-refractivity contribution is 0.0516. The molecule has 1 rings (SSSR count). The fourth-order valence-corrected chi connectivity index (χ4v) is 1.89. The van der Waals surface area contributed by atoms with Crippen LogP contribution in [0.25, 0.3) is 0 Å². The van der Waals surface area contributed by atoms with Crippen LogP contribution < -0.4 is 10.6 Å². The van der Waals surface area contributed by atoms with Crippen LogP contribution in [-0.2, 0) is 4.74 Å². The summed E-state index contributed by atoms with van der Waals surface area (Å²) in [6, 6.07) is 3.99. The number of alkyl carbamates (subject to hydrolysis) is 1. The van der Waals surface area contributed by atoms with Crippen LogP contribution in [0.5, 0.6) is 0 Å². The van der Waals surface area contributed by atoms with Gasteiger partial charge >= 0.3 is 6.09 Å². The van der Waals surface area contributed by atoms with E-state index in [0.29, 0.717) is 18.4 Å². The number of hydrogen-bond donors (Lipinski definition) is 2. The molecule has 0 spiro atoms. The van der Waals surface area contributed by atoms with Crippen molar-refractivity contribution in [3.05, 3.63) is 24.0 Å². The number of nitrogens with zero attached hydrogens (tertiary/aromatic N) is 1. The van der Waals surface area contributed by atoms with Gasteiger partial charge in [0.25, 0.3) is 0 Å². The molecule has 5 heteroatoms. The molecule has 0 aliphatic carbocycles. The maximum atomic E-state index is 11.7. The van der Waals surface area contributed by atoms with Crippen LogP contribution in [0, 0.1) is 18.8 Å². The van der Waals surface area contributed by atoms with E-state index in [1.807, 2.05) is 46.0 Å². The average Bonchev–Trinajstić information content (AvgIpc) is 2.38. The second-order valence-corrected chi connectivity index (χ2v) is 6.96. The number of carbonyl (C=O) groups is 1. The van der Waals surface area contributed by atoms with Gasteiger partial charge in [0.05, 0.1) is 11.9 Å². The molecule has 0 aliphatic rings. The number of aromatic nitrogens is 1. The van der Waals surface area contributed by atoms with Gasteiger partial charge in [-0.25, -0.2) is 4.79 Å². The number of pyridine rings is 1. The average molecular weight is 307 g/mol. The van der Waals surface area contributed by atoms with E-state index in [0.717, 1.165) is 17.9 Å². The normalized spacial score (nSPS) is 12.9. The van der Waals surface area contributed by atoms with E-state index in [2.05, 4.69) is 29.5 Å². The van der Waals surface area contributed by atoms with Crippen LogP contribution >= 0.6 is 0 Å². The number of nitrogens with one attached hydrogen (secondary N) is 2. The van der Waals surface area contributed by atoms with E-state index in [1.165, 1.54) is 0 Å². The molecule has 0 fully saturated rings. The Labute approximate surface area is 133 Å². The van der Waals surface area contributed by atoms with Gasteiger partial charge in [-0.1, -0.05) is 13.8 Å². The van der Waals surface area contributed by atoms with E-state index in [9.17, 15) is 4.79 Å². The van der Waals surface area contributed by atoms with Crippen LogP contribution in [0.2, 0.25) is 0 Å². The van der Waals surface area contributed by atoms with Crippen LogP contribution in [0.1, 0.15) is 40.3 Å². The van der Waals surface area contributed by atoms with Gasteiger partial charge in [0, 0.05) is 18.8 Å². The standard InChI is InChI=1S/C17H29N3O2/c1-12(2)14(10-20-16(21)22-17(4,5)6)9-19-15-8-7-13(3)18-11-15/h7-8,11-12,14,19H,9-10H2,1-6H3,(H,20,21). The smallest absolute Gasteiger partial charge is 0.407 e. The van der Waals surface area contributed by atoms with Gasteiger partial charge in [-0.05, 0) is 51.7 Å². The molecule has 124 valence electrons. The molecule has 1 aromatic heterocycles. The molecule has 1 heterocycles. The second-order valence-electron chi connectivity index (χ2n) is 6.96. The van der Waals surface area contributed by atoms with Crippen molar-refractivity contribution in [2.24, 2.45) is 11.8 Å². The minimum absolute atomic E-state index is 0.314. The Morgan fingerprint density at radius 2 is 1.95 bits per heavy atom. The molecule has 2 N–H and O–H groups in total. The SMILES string of the molecule is Cc1ccc(NCC(CNC(=O)OC(C)(C)C)C(C)C)cn1. The van der Waals surface area contributed by atoms with Crippen molar-refractivity contribution in [2.45, 2.75) is 47.1 Å². The Kier molecular flexibility index (Phi) is 6.65. The first-order valence-corrected chi connectivity index (χ1v) is 7.81. The Morgan fingerprint density at radius 1 is 1.27 bits per heavy atom. The highest BCUT2D eigenvalue weighted by Gasteiger charge is 2.19. The number of carbonyl (C=O) groups excluding carboxylic acids is 1. The fourth-order valence-electron chi connectivity index (χ4n) is 1.89. The van der Waals surface area contributed by atoms with Crippen molar-refractivity contribution < 1.29 is 9.53 Å². The summed E-state index contributed by atoms with van der Waals surface area (Å²) in [6.45, 7) is 13.2. The molecule has 0 saturated heterocycles. The number of aryl methyl sites for hydroxylation is 1. The molecule has 0 bridgehead atoms. The molecule has 0 saturated carbocycles. The summed E-state index contributed by atoms with van der Waals surface area (Å²) in [6.07, 6.45) is 1.46. The van der Waals surface area contributed by atoms with Crippen molar-refractivity contribution in [1.29, 1.82) is 0 Å². The Morgan fingerprint density at radius 3 is 2.45 bits per heavy atom. The zero-order valence-electron chi connectivity index (χ0n) is 14.6. The Balaban J connectivity index is 2.45. The van der Waals surface area contributed by atoms with Crippen LogP contribution in [0.15, 0.2) is 18.3 Å². The second kappa shape index (κ2) is 8.01. The largest absolute Gasteiger partial charge is 0.444 e. The van der Waals surface area contributed by atoms with Crippen LogP contribution in [0.3, 0.4) is 0 Å². The molecule has 1 atom stereocenters. The monoisotopic (exact) mass is 307 g/mol. The Hall–Kier alpha value is -1.78. The summed E-state index contributed by atoms with van der Waals surface area (Å²) in [7, 11) is 0. The number of anilines is 1. The first kappa shape index (κ1) is 18.3. The summed E-state index contributed by atoms with van der Waals surface area (Å²) < 4.78 is 5.26. The highest BCUT2D eigenvalue weighted by atomic mass is 16.6. The van der Waals surface area contributed by atoms with E-state index >= 15 is 0 Å². The van der Waals surface area contributed by atoms with Crippen molar-refractivity contribution in [1.82, 2.24) is 10.3 Å². The predicted molar refractivity (Wildman–Crippen MR) is 90.0 cm³/mol. The molecule has 22 heavy (non-hydrogen) atoms. The quantitative estimate of drug-likeness (QED) is 0.843. The van der Waals surface area contributed by atoms with E-state index < -0.39 is 5.60 Å². The lowest BCUT2D eigenvalue weighted by atomic mass is 9.95. The zero-order chi connectivity index (χ0) is 16.8. The first-order valence-electron chi connectivity index (χ1n) is 7.81. The lowest BCUT2D eigenvalue weighted by Crippen LogP contribution is -2.38. The predicted octanol–water partition coefficient (Wildman–Crippen LogP) is 3.60. The summed E-state index contributed by atoms with van der Waals surface area (Å²) in [5.41, 5.74) is 1.52. The third kappa shape index (κ3) is 7.29. The highest BCUT2D eigenvalue weighted by molar-refractivity contribution is 5.67. The maximum absolute atomic E-state index is 11.7. The number of rotatable bonds is 6. The third-order valence-electron chi connectivity index (χ3n) is 3.33. The van der Waals surface area contributed by atoms with Crippen molar-refractivity contribution in [3.63, 3.8) is 0 Å². The van der Waals surface area contributed by atoms with Gasteiger partial charge in [0.2, 0.25) is 0 Å². The van der Waals surface area contributed by atoms with Crippen molar-refractivity contribution in [3.8, 4) is 0 Å². The minimum atomic E-state index is -0.469. The molecule has 0 aromatic carbocycles. The topological polar surface area (TPSA) is 63.2 Å². The molecule has 0 radical (unpaired) electrons. The summed E-state index contributed by atoms with van der Waals surface area (Å²) in [4.78, 5) is 16.0. The Bertz CT molecular complexity index is 464. The first-order chi connectivity index (χ1) is 10.2. The molecule has 0 aliphatic heterocycles. The highest BCUT2D eigenvalue weighted by Crippen LogP contribution is 2.13. The summed E-state index contributed by atoms with van der Waals surface area (Å²) in [5.74, 6) is 0.759. The molecule has 5 nitrogen and oxygen atoms in total. The number of ether oxygens (including phenoxy) is 1. The summed E-state index contributed by atoms with van der Waals surface area (Å²) in [5, 5.41) is 6.22. The number of hydrogen-bond acceptors (Lipinski definition) is 4. The summed E-state index contributed by atoms with van der Waals surface area (Å²) >= 11 is 0.